The Morgan fingerprint density at radius 3 is 2.39 bits per heavy atom. The monoisotopic (exact) mass is 456 g/mol. The largest absolute Gasteiger partial charge is 0.352 e. The number of amides is 1. The third-order valence-electron chi connectivity index (χ3n) is 6.99. The van der Waals surface area contributed by atoms with Crippen LogP contribution in [0, 0.1) is 11.3 Å². The van der Waals surface area contributed by atoms with Crippen LogP contribution in [-0.2, 0) is 16.6 Å². The van der Waals surface area contributed by atoms with Gasteiger partial charge in [0.1, 0.15) is 0 Å². The highest BCUT2D eigenvalue weighted by molar-refractivity contribution is 6.30. The molecule has 4 heteroatoms. The van der Waals surface area contributed by atoms with Crippen LogP contribution < -0.4 is 5.32 Å². The van der Waals surface area contributed by atoms with Crippen molar-refractivity contribution in [3.8, 4) is 6.07 Å². The van der Waals surface area contributed by atoms with Crippen LogP contribution >= 0.6 is 11.6 Å². The van der Waals surface area contributed by atoms with Crippen molar-refractivity contribution in [3.05, 3.63) is 106 Å². The first kappa shape index (κ1) is 23.1. The van der Waals surface area contributed by atoms with Gasteiger partial charge < -0.3 is 5.32 Å². The van der Waals surface area contributed by atoms with E-state index < -0.39 is 5.41 Å². The van der Waals surface area contributed by atoms with Gasteiger partial charge in [0.05, 0.1) is 17.0 Å². The van der Waals surface area contributed by atoms with Crippen molar-refractivity contribution >= 4 is 17.5 Å². The van der Waals surface area contributed by atoms with Crippen LogP contribution in [0.1, 0.15) is 60.8 Å². The van der Waals surface area contributed by atoms with E-state index in [0.717, 1.165) is 48.8 Å². The van der Waals surface area contributed by atoms with Gasteiger partial charge in [0.2, 0.25) is 5.91 Å². The highest BCUT2D eigenvalue weighted by atomic mass is 35.5. The molecule has 0 bridgehead atoms. The lowest BCUT2D eigenvalue weighted by atomic mass is 9.77. The molecule has 3 nitrogen and oxygen atoms in total. The number of halogens is 1. The number of carbonyl (C=O) groups is 1. The SMILES string of the molecule is CC(NC(=O)C1(c2ccccc2)CCCC1)C(Cc1ccc(Cl)cc1)c1cccc(C#N)c1. The zero-order valence-corrected chi connectivity index (χ0v) is 19.7. The molecule has 0 saturated heterocycles. The number of benzene rings is 3. The number of hydrogen-bond donors (Lipinski definition) is 1. The normalized spacial score (nSPS) is 16.5. The molecule has 0 aromatic heterocycles. The first-order chi connectivity index (χ1) is 16.0. The van der Waals surface area contributed by atoms with Gasteiger partial charge in [-0.3, -0.25) is 4.79 Å². The second kappa shape index (κ2) is 10.2. The number of carbonyl (C=O) groups excluding carboxylic acids is 1. The Bertz CT molecular complexity index is 1130. The van der Waals surface area contributed by atoms with E-state index in [2.05, 4.69) is 30.4 Å². The summed E-state index contributed by atoms with van der Waals surface area (Å²) in [5.74, 6) is 0.133. The van der Waals surface area contributed by atoms with Crippen LogP contribution in [0.4, 0.5) is 0 Å². The van der Waals surface area contributed by atoms with Crippen molar-refractivity contribution in [3.63, 3.8) is 0 Å². The minimum Gasteiger partial charge on any atom is -0.352 e. The molecule has 3 aromatic carbocycles. The second-order valence-corrected chi connectivity index (χ2v) is 9.53. The van der Waals surface area contributed by atoms with E-state index >= 15 is 0 Å². The van der Waals surface area contributed by atoms with Crippen LogP contribution in [0.3, 0.4) is 0 Å². The number of rotatable bonds is 7. The Balaban J connectivity index is 1.62. The van der Waals surface area contributed by atoms with E-state index in [1.165, 1.54) is 0 Å². The number of nitriles is 1. The summed E-state index contributed by atoms with van der Waals surface area (Å²) in [4.78, 5) is 13.8. The van der Waals surface area contributed by atoms with Crippen molar-refractivity contribution < 1.29 is 4.79 Å². The summed E-state index contributed by atoms with van der Waals surface area (Å²) in [5, 5.41) is 13.5. The summed E-state index contributed by atoms with van der Waals surface area (Å²) < 4.78 is 0. The summed E-state index contributed by atoms with van der Waals surface area (Å²) in [5.41, 5.74) is 3.47. The van der Waals surface area contributed by atoms with Gasteiger partial charge in [0.25, 0.3) is 0 Å². The van der Waals surface area contributed by atoms with E-state index in [9.17, 15) is 10.1 Å². The summed E-state index contributed by atoms with van der Waals surface area (Å²) in [6.07, 6.45) is 4.62. The van der Waals surface area contributed by atoms with Crippen LogP contribution in [0.25, 0.3) is 0 Å². The Morgan fingerprint density at radius 2 is 1.73 bits per heavy atom. The molecule has 2 atom stereocenters. The Kier molecular flexibility index (Phi) is 7.16. The molecule has 33 heavy (non-hydrogen) atoms. The molecule has 0 spiro atoms. The number of hydrogen-bond acceptors (Lipinski definition) is 2. The number of nitrogens with one attached hydrogen (secondary N) is 1. The van der Waals surface area contributed by atoms with E-state index in [1.54, 1.807) is 0 Å². The van der Waals surface area contributed by atoms with Gasteiger partial charge in [-0.05, 0) is 67.1 Å². The van der Waals surface area contributed by atoms with Crippen molar-refractivity contribution in [1.29, 1.82) is 5.26 Å². The first-order valence-corrected chi connectivity index (χ1v) is 12.0. The Hall–Kier alpha value is -3.09. The van der Waals surface area contributed by atoms with Crippen LogP contribution in [0.5, 0.6) is 0 Å². The predicted octanol–water partition coefficient (Wildman–Crippen LogP) is 6.55. The summed E-state index contributed by atoms with van der Waals surface area (Å²) in [6.45, 7) is 2.07. The van der Waals surface area contributed by atoms with Gasteiger partial charge in [0.15, 0.2) is 0 Å². The first-order valence-electron chi connectivity index (χ1n) is 11.6. The fourth-order valence-electron chi connectivity index (χ4n) is 5.12. The van der Waals surface area contributed by atoms with Gasteiger partial charge >= 0.3 is 0 Å². The lowest BCUT2D eigenvalue weighted by Crippen LogP contribution is -2.48. The maximum absolute atomic E-state index is 13.8. The quantitative estimate of drug-likeness (QED) is 0.438. The highest BCUT2D eigenvalue weighted by Crippen LogP contribution is 2.41. The standard InChI is InChI=1S/C29H29ClN2O/c1-21(32-28(33)29(16-5-6-17-29)25-10-3-2-4-11-25)27(19-22-12-14-26(30)15-13-22)24-9-7-8-23(18-24)20-31/h2-4,7-15,18,21,27H,5-6,16-17,19H2,1H3,(H,32,33). The molecule has 168 valence electrons. The summed E-state index contributed by atoms with van der Waals surface area (Å²) in [7, 11) is 0. The molecule has 4 rings (SSSR count). The van der Waals surface area contributed by atoms with Gasteiger partial charge in [-0.1, -0.05) is 79.0 Å². The van der Waals surface area contributed by atoms with E-state index in [0.29, 0.717) is 10.6 Å². The second-order valence-electron chi connectivity index (χ2n) is 9.09. The molecule has 3 aromatic rings. The average molecular weight is 457 g/mol. The molecule has 0 radical (unpaired) electrons. The molecule has 0 heterocycles. The molecule has 1 amide bonds. The van der Waals surface area contributed by atoms with Crippen LogP contribution in [0.2, 0.25) is 5.02 Å². The van der Waals surface area contributed by atoms with Crippen LogP contribution in [0.15, 0.2) is 78.9 Å². The lowest BCUT2D eigenvalue weighted by Gasteiger charge is -2.33. The smallest absolute Gasteiger partial charge is 0.230 e. The van der Waals surface area contributed by atoms with Crippen LogP contribution in [-0.4, -0.2) is 11.9 Å². The highest BCUT2D eigenvalue weighted by Gasteiger charge is 2.43. The zero-order valence-electron chi connectivity index (χ0n) is 18.9. The molecule has 1 aliphatic carbocycles. The molecular formula is C29H29ClN2O. The van der Waals surface area contributed by atoms with Gasteiger partial charge in [0, 0.05) is 17.0 Å². The molecular weight excluding hydrogens is 428 g/mol. The minimum absolute atomic E-state index is 0.0256. The molecule has 1 saturated carbocycles. The molecule has 0 aliphatic heterocycles. The maximum Gasteiger partial charge on any atom is 0.230 e. The van der Waals surface area contributed by atoms with E-state index in [-0.39, 0.29) is 17.9 Å². The molecule has 1 aliphatic rings. The van der Waals surface area contributed by atoms with Gasteiger partial charge in [-0.2, -0.15) is 5.26 Å². The van der Waals surface area contributed by atoms with E-state index in [4.69, 9.17) is 11.6 Å². The average Bonchev–Trinajstić information content (AvgIpc) is 3.35. The van der Waals surface area contributed by atoms with E-state index in [1.807, 2.05) is 66.7 Å². The van der Waals surface area contributed by atoms with Crippen molar-refractivity contribution in [2.75, 3.05) is 0 Å². The van der Waals surface area contributed by atoms with Gasteiger partial charge in [-0.25, -0.2) is 0 Å². The summed E-state index contributed by atoms with van der Waals surface area (Å²) >= 11 is 6.09. The Morgan fingerprint density at radius 1 is 1.03 bits per heavy atom. The topological polar surface area (TPSA) is 52.9 Å². The third-order valence-corrected chi connectivity index (χ3v) is 7.25. The maximum atomic E-state index is 13.8. The van der Waals surface area contributed by atoms with Gasteiger partial charge in [-0.15, -0.1) is 0 Å². The Labute approximate surface area is 201 Å². The lowest BCUT2D eigenvalue weighted by molar-refractivity contribution is -0.127. The fourth-order valence-corrected chi connectivity index (χ4v) is 5.25. The summed E-state index contributed by atoms with van der Waals surface area (Å²) in [6, 6.07) is 27.9. The molecule has 1 N–H and O–H groups in total. The predicted molar refractivity (Wildman–Crippen MR) is 133 cm³/mol. The third kappa shape index (κ3) is 5.13. The minimum atomic E-state index is -0.463. The van der Waals surface area contributed by atoms with Crippen molar-refractivity contribution in [2.24, 2.45) is 0 Å². The number of nitrogens with zero attached hydrogens (tertiary/aromatic N) is 1. The van der Waals surface area contributed by atoms with Crippen molar-refractivity contribution in [1.82, 2.24) is 5.32 Å². The molecule has 1 fully saturated rings. The molecule has 2 unspecified atom stereocenters. The van der Waals surface area contributed by atoms with Crippen molar-refractivity contribution in [2.45, 2.75) is 56.4 Å². The fraction of sp³-hybridized carbons (Fsp3) is 0.310. The zero-order chi connectivity index (χ0) is 23.3.